The van der Waals surface area contributed by atoms with Crippen molar-refractivity contribution in [2.45, 2.75) is 25.9 Å². The van der Waals surface area contributed by atoms with Crippen LogP contribution >= 0.6 is 0 Å². The second-order valence-electron chi connectivity index (χ2n) is 6.87. The van der Waals surface area contributed by atoms with E-state index in [0.29, 0.717) is 12.4 Å². The van der Waals surface area contributed by atoms with Gasteiger partial charge in [0.05, 0.1) is 0 Å². The monoisotopic (exact) mass is 366 g/mol. The molecule has 0 spiro atoms. The minimum Gasteiger partial charge on any atom is -0.489 e. The van der Waals surface area contributed by atoms with Gasteiger partial charge in [-0.3, -0.25) is 0 Å². The smallest absolute Gasteiger partial charge is 0.328 e. The fourth-order valence-corrected chi connectivity index (χ4v) is 3.31. The largest absolute Gasteiger partial charge is 0.489 e. The lowest BCUT2D eigenvalue weighted by Crippen LogP contribution is -1.95. The van der Waals surface area contributed by atoms with Crippen molar-refractivity contribution < 1.29 is 19.0 Å². The molecule has 4 heteroatoms. The molecule has 2 atom stereocenters. The summed E-state index contributed by atoms with van der Waals surface area (Å²) in [5.41, 5.74) is 1.66. The molecule has 2 aromatic rings. The second-order valence-corrected chi connectivity index (χ2v) is 6.87. The minimum absolute atomic E-state index is 0.275. The third-order valence-corrected chi connectivity index (χ3v) is 4.79. The Morgan fingerprint density at radius 2 is 1.67 bits per heavy atom. The topological polar surface area (TPSA) is 46.5 Å². The van der Waals surface area contributed by atoms with Crippen LogP contribution in [-0.4, -0.2) is 11.1 Å². The average Bonchev–Trinajstić information content (AvgIpc) is 3.33. The number of rotatable bonds is 5. The van der Waals surface area contributed by atoms with E-state index in [2.05, 4.69) is 12.2 Å². The fourth-order valence-electron chi connectivity index (χ4n) is 3.31. The van der Waals surface area contributed by atoms with Gasteiger partial charge >= 0.3 is 5.97 Å². The van der Waals surface area contributed by atoms with Crippen molar-refractivity contribution >= 4 is 12.0 Å². The van der Waals surface area contributed by atoms with Crippen LogP contribution in [-0.2, 0) is 11.4 Å². The summed E-state index contributed by atoms with van der Waals surface area (Å²) in [6.45, 7) is 0.352. The molecule has 2 aromatic carbocycles. The molecule has 1 N–H and O–H groups in total. The zero-order valence-corrected chi connectivity index (χ0v) is 15.1. The molecule has 0 aliphatic heterocycles. The van der Waals surface area contributed by atoms with Gasteiger partial charge in [-0.1, -0.05) is 36.4 Å². The normalized spacial score (nSPS) is 19.7. The molecular formula is C23H23FO3. The predicted molar refractivity (Wildman–Crippen MR) is 104 cm³/mol. The second kappa shape index (κ2) is 9.17. The Labute approximate surface area is 158 Å². The van der Waals surface area contributed by atoms with Crippen molar-refractivity contribution in [2.75, 3.05) is 0 Å². The molecule has 1 fully saturated rings. The van der Waals surface area contributed by atoms with Gasteiger partial charge in [0.1, 0.15) is 18.2 Å². The molecule has 4 rings (SSSR count). The number of hydrogen-bond acceptors (Lipinski definition) is 2. The molecule has 1 saturated carbocycles. The van der Waals surface area contributed by atoms with Crippen LogP contribution in [0.25, 0.3) is 6.08 Å². The molecule has 0 saturated heterocycles. The first-order chi connectivity index (χ1) is 13.1. The number of carboxylic acid groups (broad SMARTS) is 1. The van der Waals surface area contributed by atoms with Crippen molar-refractivity contribution in [3.8, 4) is 5.75 Å². The summed E-state index contributed by atoms with van der Waals surface area (Å²) in [7, 11) is 0. The summed E-state index contributed by atoms with van der Waals surface area (Å²) in [5, 5.41) is 8.52. The highest BCUT2D eigenvalue weighted by atomic mass is 19.1. The molecule has 3 nitrogen and oxygen atoms in total. The maximum Gasteiger partial charge on any atom is 0.328 e. The fraction of sp³-hybridized carbons (Fsp3) is 0.261. The van der Waals surface area contributed by atoms with Crippen molar-refractivity contribution in [1.29, 1.82) is 0 Å². The van der Waals surface area contributed by atoms with Gasteiger partial charge in [-0.15, -0.1) is 0 Å². The first kappa shape index (κ1) is 18.9. The summed E-state index contributed by atoms with van der Waals surface area (Å²) >= 11 is 0. The van der Waals surface area contributed by atoms with E-state index in [1.807, 2.05) is 0 Å². The lowest BCUT2D eigenvalue weighted by molar-refractivity contribution is -0.131. The maximum absolute atomic E-state index is 12.7. The molecule has 2 bridgehead atoms. The van der Waals surface area contributed by atoms with Crippen molar-refractivity contribution in [2.24, 2.45) is 11.8 Å². The molecule has 2 aliphatic rings. The van der Waals surface area contributed by atoms with Crippen molar-refractivity contribution in [3.63, 3.8) is 0 Å². The number of halogens is 1. The Morgan fingerprint density at radius 3 is 2.15 bits per heavy atom. The van der Waals surface area contributed by atoms with Crippen LogP contribution < -0.4 is 4.74 Å². The summed E-state index contributed by atoms with van der Waals surface area (Å²) in [6.07, 6.45) is 11.8. The van der Waals surface area contributed by atoms with E-state index < -0.39 is 5.97 Å². The number of benzene rings is 2. The maximum atomic E-state index is 12.7. The van der Waals surface area contributed by atoms with Crippen LogP contribution in [0.15, 0.2) is 66.8 Å². The molecular weight excluding hydrogens is 343 g/mol. The molecule has 2 unspecified atom stereocenters. The van der Waals surface area contributed by atoms with E-state index in [0.717, 1.165) is 29.0 Å². The highest BCUT2D eigenvalue weighted by Crippen LogP contribution is 2.38. The minimum atomic E-state index is -0.985. The van der Waals surface area contributed by atoms with Crippen LogP contribution in [0.1, 0.15) is 30.4 Å². The quantitative estimate of drug-likeness (QED) is 0.563. The summed E-state index contributed by atoms with van der Waals surface area (Å²) < 4.78 is 18.3. The zero-order chi connectivity index (χ0) is 19.1. The van der Waals surface area contributed by atoms with Crippen molar-refractivity contribution in [3.05, 3.63) is 83.7 Å². The molecule has 0 radical (unpaired) electrons. The standard InChI is InChI=1S/C16H13FO3.C7H10/c17-14-6-1-13(2-7-14)11-20-15-8-3-12(4-9-15)5-10-16(18)19;1-2-7-4-3-6(1)5-7/h1-10H,11H2,(H,18,19);1-2,6-7H,3-5H2. The Morgan fingerprint density at radius 1 is 1.04 bits per heavy atom. The van der Waals surface area contributed by atoms with Crippen molar-refractivity contribution in [1.82, 2.24) is 0 Å². The lowest BCUT2D eigenvalue weighted by atomic mass is 10.1. The van der Waals surface area contributed by atoms with Crippen LogP contribution in [0, 0.1) is 17.7 Å². The third-order valence-electron chi connectivity index (χ3n) is 4.79. The lowest BCUT2D eigenvalue weighted by Gasteiger charge is -2.06. The van der Waals surface area contributed by atoms with E-state index in [9.17, 15) is 9.18 Å². The molecule has 0 aromatic heterocycles. The summed E-state index contributed by atoms with van der Waals surface area (Å²) in [5.74, 6) is 1.39. The van der Waals surface area contributed by atoms with Gasteiger partial charge in [0, 0.05) is 6.08 Å². The van der Waals surface area contributed by atoms with Gasteiger partial charge in [0.15, 0.2) is 0 Å². The summed E-state index contributed by atoms with van der Waals surface area (Å²) in [6, 6.07) is 13.1. The van der Waals surface area contributed by atoms with Gasteiger partial charge < -0.3 is 9.84 Å². The van der Waals surface area contributed by atoms with Crippen LogP contribution in [0.4, 0.5) is 4.39 Å². The molecule has 2 aliphatic carbocycles. The zero-order valence-electron chi connectivity index (χ0n) is 15.1. The third kappa shape index (κ3) is 6.10. The first-order valence-electron chi connectivity index (χ1n) is 9.15. The van der Waals surface area contributed by atoms with E-state index in [4.69, 9.17) is 9.84 Å². The SMILES string of the molecule is C1=CC2CCC1C2.O=C(O)C=Cc1ccc(OCc2ccc(F)cc2)cc1. The number of hydrogen-bond donors (Lipinski definition) is 1. The van der Waals surface area contributed by atoms with Crippen LogP contribution in [0.3, 0.4) is 0 Å². The van der Waals surface area contributed by atoms with E-state index in [1.54, 1.807) is 36.4 Å². The number of ether oxygens (including phenoxy) is 1. The van der Waals surface area contributed by atoms with Crippen LogP contribution in [0.2, 0.25) is 0 Å². The molecule has 0 amide bonds. The van der Waals surface area contributed by atoms with E-state index >= 15 is 0 Å². The van der Waals surface area contributed by atoms with Gasteiger partial charge in [0.2, 0.25) is 0 Å². The van der Waals surface area contributed by atoms with Gasteiger partial charge in [-0.25, -0.2) is 9.18 Å². The average molecular weight is 366 g/mol. The van der Waals surface area contributed by atoms with Gasteiger partial charge in [0.25, 0.3) is 0 Å². The first-order valence-corrected chi connectivity index (χ1v) is 9.15. The predicted octanol–water partition coefficient (Wildman–Crippen LogP) is 5.48. The Balaban J connectivity index is 0.000000246. The molecule has 140 valence electrons. The number of fused-ring (bicyclic) bond motifs is 2. The van der Waals surface area contributed by atoms with Crippen LogP contribution in [0.5, 0.6) is 5.75 Å². The number of allylic oxidation sites excluding steroid dienone is 2. The number of carboxylic acids is 1. The van der Waals surface area contributed by atoms with Gasteiger partial charge in [-0.2, -0.15) is 0 Å². The van der Waals surface area contributed by atoms with E-state index in [-0.39, 0.29) is 5.82 Å². The Kier molecular flexibility index (Phi) is 6.42. The Bertz CT molecular complexity index is 795. The summed E-state index contributed by atoms with van der Waals surface area (Å²) in [4.78, 5) is 10.4. The van der Waals surface area contributed by atoms with Gasteiger partial charge in [-0.05, 0) is 72.6 Å². The highest BCUT2D eigenvalue weighted by Gasteiger charge is 2.25. The highest BCUT2D eigenvalue weighted by molar-refractivity contribution is 5.85. The van der Waals surface area contributed by atoms with E-state index in [1.165, 1.54) is 37.5 Å². The molecule has 0 heterocycles. The number of carbonyl (C=O) groups is 1. The Hall–Kier alpha value is -2.88. The number of aliphatic carboxylic acids is 1. The molecule has 27 heavy (non-hydrogen) atoms.